The zero-order valence-electron chi connectivity index (χ0n) is 14.3. The summed E-state index contributed by atoms with van der Waals surface area (Å²) >= 11 is 6.27. The van der Waals surface area contributed by atoms with Crippen LogP contribution in [0.5, 0.6) is 11.5 Å². The Morgan fingerprint density at radius 1 is 1.44 bits per heavy atom. The molecule has 1 aromatic rings. The second kappa shape index (κ2) is 9.55. The van der Waals surface area contributed by atoms with Crippen LogP contribution in [0.4, 0.5) is 4.79 Å². The van der Waals surface area contributed by atoms with Crippen LogP contribution in [0.15, 0.2) is 17.7 Å². The van der Waals surface area contributed by atoms with Gasteiger partial charge in [-0.3, -0.25) is 10.1 Å². The van der Waals surface area contributed by atoms with Gasteiger partial charge in [-0.1, -0.05) is 18.5 Å². The van der Waals surface area contributed by atoms with Crippen LogP contribution in [0.1, 0.15) is 32.8 Å². The van der Waals surface area contributed by atoms with Gasteiger partial charge < -0.3 is 15.2 Å². The van der Waals surface area contributed by atoms with Crippen molar-refractivity contribution in [1.29, 1.82) is 5.26 Å². The molecule has 8 heteroatoms. The molecule has 0 aliphatic carbocycles. The van der Waals surface area contributed by atoms with Crippen LogP contribution in [0.2, 0.25) is 5.02 Å². The number of amides is 3. The van der Waals surface area contributed by atoms with Gasteiger partial charge in [0.2, 0.25) is 0 Å². The maximum Gasteiger partial charge on any atom is 0.319 e. The number of nitrogens with one attached hydrogen (secondary N) is 1. The maximum absolute atomic E-state index is 11.7. The summed E-state index contributed by atoms with van der Waals surface area (Å²) in [4.78, 5) is 22.5. The summed E-state index contributed by atoms with van der Waals surface area (Å²) in [6.45, 7) is 6.08. The predicted octanol–water partition coefficient (Wildman–Crippen LogP) is 3.02. The zero-order valence-corrected chi connectivity index (χ0v) is 15.0. The van der Waals surface area contributed by atoms with E-state index in [2.05, 4.69) is 0 Å². The molecular formula is C17H20ClN3O4. The van der Waals surface area contributed by atoms with Gasteiger partial charge in [0.1, 0.15) is 11.6 Å². The van der Waals surface area contributed by atoms with Gasteiger partial charge in [0.25, 0.3) is 5.91 Å². The number of urea groups is 1. The van der Waals surface area contributed by atoms with Gasteiger partial charge in [-0.15, -0.1) is 0 Å². The summed E-state index contributed by atoms with van der Waals surface area (Å²) in [5.41, 5.74) is 5.03. The summed E-state index contributed by atoms with van der Waals surface area (Å²) in [7, 11) is 0. The van der Waals surface area contributed by atoms with Crippen molar-refractivity contribution in [2.45, 2.75) is 33.3 Å². The van der Waals surface area contributed by atoms with E-state index in [4.69, 9.17) is 32.1 Å². The number of nitrogens with two attached hydrogens (primary N) is 1. The van der Waals surface area contributed by atoms with Crippen molar-refractivity contribution in [1.82, 2.24) is 5.32 Å². The normalized spacial score (nSPS) is 12.0. The lowest BCUT2D eigenvalue weighted by molar-refractivity contribution is -0.115. The number of hydrogen-bond donors (Lipinski definition) is 2. The highest BCUT2D eigenvalue weighted by molar-refractivity contribution is 6.32. The van der Waals surface area contributed by atoms with E-state index in [0.717, 1.165) is 6.42 Å². The van der Waals surface area contributed by atoms with E-state index < -0.39 is 11.9 Å². The third-order valence-corrected chi connectivity index (χ3v) is 3.42. The molecule has 1 rings (SSSR count). The Bertz CT molecular complexity index is 725. The van der Waals surface area contributed by atoms with Crippen LogP contribution < -0.4 is 20.5 Å². The van der Waals surface area contributed by atoms with E-state index in [1.807, 2.05) is 26.1 Å². The molecule has 3 N–H and O–H groups in total. The second-order valence-electron chi connectivity index (χ2n) is 5.09. The van der Waals surface area contributed by atoms with Crippen molar-refractivity contribution < 1.29 is 19.1 Å². The first kappa shape index (κ1) is 20.3. The monoisotopic (exact) mass is 365 g/mol. The number of hydrogen-bond acceptors (Lipinski definition) is 5. The predicted molar refractivity (Wildman–Crippen MR) is 94.3 cm³/mol. The van der Waals surface area contributed by atoms with Crippen molar-refractivity contribution in [2.75, 3.05) is 6.61 Å². The molecule has 0 heterocycles. The van der Waals surface area contributed by atoms with Gasteiger partial charge in [-0.25, -0.2) is 4.79 Å². The van der Waals surface area contributed by atoms with Crippen LogP contribution in [-0.2, 0) is 4.79 Å². The Labute approximate surface area is 151 Å². The average molecular weight is 366 g/mol. The number of rotatable bonds is 7. The van der Waals surface area contributed by atoms with Crippen molar-refractivity contribution in [2.24, 2.45) is 5.73 Å². The molecule has 3 amide bonds. The topological polar surface area (TPSA) is 114 Å². The Morgan fingerprint density at radius 2 is 2.12 bits per heavy atom. The SMILES string of the molecule is CCOc1cc(/C=C(/C#N)C(=O)NC(N)=O)cc(Cl)c1O[C@@H](C)CC. The van der Waals surface area contributed by atoms with Crippen LogP contribution in [-0.4, -0.2) is 24.6 Å². The largest absolute Gasteiger partial charge is 0.490 e. The molecular weight excluding hydrogens is 346 g/mol. The van der Waals surface area contributed by atoms with Gasteiger partial charge in [-0.2, -0.15) is 5.26 Å². The highest BCUT2D eigenvalue weighted by Gasteiger charge is 2.16. The fourth-order valence-electron chi connectivity index (χ4n) is 1.83. The molecule has 0 saturated heterocycles. The van der Waals surface area contributed by atoms with E-state index in [0.29, 0.717) is 23.7 Å². The van der Waals surface area contributed by atoms with Crippen molar-refractivity contribution in [3.63, 3.8) is 0 Å². The van der Waals surface area contributed by atoms with Crippen LogP contribution in [0.3, 0.4) is 0 Å². The number of benzene rings is 1. The van der Waals surface area contributed by atoms with E-state index in [1.54, 1.807) is 12.1 Å². The van der Waals surface area contributed by atoms with E-state index >= 15 is 0 Å². The zero-order chi connectivity index (χ0) is 19.0. The van der Waals surface area contributed by atoms with Gasteiger partial charge in [-0.05, 0) is 44.0 Å². The summed E-state index contributed by atoms with van der Waals surface area (Å²) < 4.78 is 11.3. The summed E-state index contributed by atoms with van der Waals surface area (Å²) in [5, 5.41) is 11.2. The Hall–Kier alpha value is -2.72. The van der Waals surface area contributed by atoms with Crippen LogP contribution in [0.25, 0.3) is 6.08 Å². The molecule has 1 aromatic carbocycles. The third-order valence-electron chi connectivity index (χ3n) is 3.14. The molecule has 0 unspecified atom stereocenters. The maximum atomic E-state index is 11.7. The van der Waals surface area contributed by atoms with Crippen molar-refractivity contribution in [3.05, 3.63) is 28.3 Å². The number of primary amides is 1. The smallest absolute Gasteiger partial charge is 0.319 e. The molecule has 0 aliphatic rings. The van der Waals surface area contributed by atoms with E-state index in [1.165, 1.54) is 12.1 Å². The van der Waals surface area contributed by atoms with Gasteiger partial charge in [0, 0.05) is 0 Å². The summed E-state index contributed by atoms with van der Waals surface area (Å²) in [5.74, 6) is -0.103. The van der Waals surface area contributed by atoms with Crippen molar-refractivity contribution in [3.8, 4) is 17.6 Å². The Morgan fingerprint density at radius 3 is 2.64 bits per heavy atom. The standard InChI is InChI=1S/C17H20ClN3O4/c1-4-10(3)25-15-13(18)7-11(8-14(15)24-5-2)6-12(9-19)16(22)21-17(20)23/h6-8,10H,4-5H2,1-3H3,(H3,20,21,22,23)/b12-6-/t10-/m0/s1. The average Bonchev–Trinajstić information content (AvgIpc) is 2.54. The molecule has 0 aromatic heterocycles. The highest BCUT2D eigenvalue weighted by Crippen LogP contribution is 2.38. The highest BCUT2D eigenvalue weighted by atomic mass is 35.5. The molecule has 0 radical (unpaired) electrons. The minimum atomic E-state index is -1.04. The summed E-state index contributed by atoms with van der Waals surface area (Å²) in [6.07, 6.45) is 2.00. The van der Waals surface area contributed by atoms with Gasteiger partial charge >= 0.3 is 6.03 Å². The lowest BCUT2D eigenvalue weighted by Crippen LogP contribution is -2.35. The van der Waals surface area contributed by atoms with Gasteiger partial charge in [0.15, 0.2) is 11.5 Å². The lowest BCUT2D eigenvalue weighted by Gasteiger charge is -2.18. The molecule has 0 spiro atoms. The number of ether oxygens (including phenoxy) is 2. The molecule has 1 atom stereocenters. The lowest BCUT2D eigenvalue weighted by atomic mass is 10.1. The third kappa shape index (κ3) is 6.01. The summed E-state index contributed by atoms with van der Waals surface area (Å²) in [6, 6.07) is 3.80. The molecule has 7 nitrogen and oxygen atoms in total. The molecule has 134 valence electrons. The fraction of sp³-hybridized carbons (Fsp3) is 0.353. The minimum absolute atomic E-state index is 0.0610. The first-order valence-electron chi connectivity index (χ1n) is 7.67. The van der Waals surface area contributed by atoms with Crippen LogP contribution >= 0.6 is 11.6 Å². The Balaban J connectivity index is 3.28. The number of imide groups is 1. The first-order chi connectivity index (χ1) is 11.8. The molecule has 0 aliphatic heterocycles. The number of halogens is 1. The first-order valence-corrected chi connectivity index (χ1v) is 8.05. The minimum Gasteiger partial charge on any atom is -0.490 e. The fourth-order valence-corrected chi connectivity index (χ4v) is 2.09. The van der Waals surface area contributed by atoms with Gasteiger partial charge in [0.05, 0.1) is 17.7 Å². The number of carbonyl (C=O) groups excluding carboxylic acids is 2. The second-order valence-corrected chi connectivity index (χ2v) is 5.50. The van der Waals surface area contributed by atoms with Crippen LogP contribution in [0, 0.1) is 11.3 Å². The van der Waals surface area contributed by atoms with E-state index in [9.17, 15) is 9.59 Å². The number of nitrogens with zero attached hydrogens (tertiary/aromatic N) is 1. The molecule has 0 bridgehead atoms. The quantitative estimate of drug-likeness (QED) is 0.569. The molecule has 0 fully saturated rings. The number of carbonyl (C=O) groups is 2. The molecule has 0 saturated carbocycles. The number of nitriles is 1. The van der Waals surface area contributed by atoms with Crippen molar-refractivity contribution >= 4 is 29.6 Å². The van der Waals surface area contributed by atoms with E-state index in [-0.39, 0.29) is 16.7 Å². The molecule has 25 heavy (non-hydrogen) atoms. The Kier molecular flexibility index (Phi) is 7.76.